The second-order valence-electron chi connectivity index (χ2n) is 9.94. The number of nitrogen functional groups attached to an aromatic ring is 1. The van der Waals surface area contributed by atoms with Gasteiger partial charge >= 0.3 is 5.97 Å². The van der Waals surface area contributed by atoms with Gasteiger partial charge in [0.2, 0.25) is 6.10 Å². The number of anilines is 1. The Morgan fingerprint density at radius 1 is 1.06 bits per heavy atom. The molecule has 4 rings (SSSR count). The molecular weight excluding hydrogens is 456 g/mol. The SMILES string of the molecule is CC1CCCC(C)N1CCCCCN1C(=O)C(c2cccc(C(=N)N)c2)Oc2cc(C(=O)O)ccc21. The quantitative estimate of drug-likeness (QED) is 0.268. The molecule has 0 aromatic heterocycles. The number of unbranched alkanes of at least 4 members (excludes halogenated alkanes) is 2. The highest BCUT2D eigenvalue weighted by atomic mass is 16.5. The largest absolute Gasteiger partial charge is 0.478 e. The van der Waals surface area contributed by atoms with Gasteiger partial charge in [0.1, 0.15) is 11.6 Å². The number of fused-ring (bicyclic) bond motifs is 1. The lowest BCUT2D eigenvalue weighted by Gasteiger charge is -2.39. The fourth-order valence-electron chi connectivity index (χ4n) is 5.37. The molecule has 0 spiro atoms. The number of carboxylic acid groups (broad SMARTS) is 1. The average Bonchev–Trinajstić information content (AvgIpc) is 2.86. The molecule has 2 aliphatic rings. The Labute approximate surface area is 212 Å². The van der Waals surface area contributed by atoms with Crippen molar-refractivity contribution in [2.45, 2.75) is 70.6 Å². The molecule has 0 aliphatic carbocycles. The van der Waals surface area contributed by atoms with Gasteiger partial charge in [0.25, 0.3) is 5.91 Å². The first-order valence-electron chi connectivity index (χ1n) is 12.8. The van der Waals surface area contributed by atoms with Gasteiger partial charge < -0.3 is 20.5 Å². The van der Waals surface area contributed by atoms with Crippen LogP contribution in [0.5, 0.6) is 5.75 Å². The van der Waals surface area contributed by atoms with Crippen LogP contribution in [0, 0.1) is 5.41 Å². The van der Waals surface area contributed by atoms with Crippen molar-refractivity contribution in [3.63, 3.8) is 0 Å². The summed E-state index contributed by atoms with van der Waals surface area (Å²) in [6.45, 7) is 6.21. The minimum absolute atomic E-state index is 0.0946. The van der Waals surface area contributed by atoms with Crippen LogP contribution in [0.2, 0.25) is 0 Å². The summed E-state index contributed by atoms with van der Waals surface area (Å²) in [6.07, 6.45) is 5.79. The van der Waals surface area contributed by atoms with Crippen LogP contribution in [0.1, 0.15) is 80.0 Å². The lowest BCUT2D eigenvalue weighted by molar-refractivity contribution is -0.126. The van der Waals surface area contributed by atoms with Crippen molar-refractivity contribution < 1.29 is 19.4 Å². The fourth-order valence-corrected chi connectivity index (χ4v) is 5.37. The Morgan fingerprint density at radius 2 is 1.78 bits per heavy atom. The molecule has 2 aliphatic heterocycles. The Hall–Kier alpha value is -3.39. The van der Waals surface area contributed by atoms with Crippen LogP contribution < -0.4 is 15.4 Å². The van der Waals surface area contributed by atoms with Crippen molar-refractivity contribution in [2.75, 3.05) is 18.0 Å². The van der Waals surface area contributed by atoms with Crippen LogP contribution in [0.15, 0.2) is 42.5 Å². The van der Waals surface area contributed by atoms with Gasteiger partial charge in [-0.05, 0) is 70.3 Å². The summed E-state index contributed by atoms with van der Waals surface area (Å²) < 4.78 is 6.04. The zero-order valence-corrected chi connectivity index (χ0v) is 21.1. The van der Waals surface area contributed by atoms with E-state index in [1.54, 1.807) is 35.2 Å². The molecular formula is C28H36N4O4. The molecule has 8 nitrogen and oxygen atoms in total. The normalized spacial score (nSPS) is 22.1. The third-order valence-electron chi connectivity index (χ3n) is 7.41. The van der Waals surface area contributed by atoms with Crippen LogP contribution in [0.25, 0.3) is 0 Å². The first-order chi connectivity index (χ1) is 17.3. The molecule has 192 valence electrons. The summed E-state index contributed by atoms with van der Waals surface area (Å²) in [7, 11) is 0. The van der Waals surface area contributed by atoms with Crippen LogP contribution in [0.3, 0.4) is 0 Å². The minimum atomic E-state index is -1.05. The van der Waals surface area contributed by atoms with Crippen LogP contribution in [-0.2, 0) is 4.79 Å². The molecule has 2 aromatic carbocycles. The molecule has 36 heavy (non-hydrogen) atoms. The van der Waals surface area contributed by atoms with Gasteiger partial charge in [0.05, 0.1) is 11.3 Å². The van der Waals surface area contributed by atoms with Crippen LogP contribution in [0.4, 0.5) is 5.69 Å². The van der Waals surface area contributed by atoms with E-state index in [0.29, 0.717) is 41.2 Å². The first kappa shape index (κ1) is 25.7. The monoisotopic (exact) mass is 492 g/mol. The smallest absolute Gasteiger partial charge is 0.335 e. The average molecular weight is 493 g/mol. The summed E-state index contributed by atoms with van der Waals surface area (Å²) in [4.78, 5) is 29.4. The van der Waals surface area contributed by atoms with E-state index in [4.69, 9.17) is 15.9 Å². The molecule has 2 heterocycles. The third kappa shape index (κ3) is 5.54. The molecule has 0 saturated carbocycles. The second-order valence-corrected chi connectivity index (χ2v) is 9.94. The number of nitrogens with one attached hydrogen (secondary N) is 1. The van der Waals surface area contributed by atoms with Crippen molar-refractivity contribution in [1.82, 2.24) is 4.90 Å². The number of amidine groups is 1. The minimum Gasteiger partial charge on any atom is -0.478 e. The van der Waals surface area contributed by atoms with Crippen molar-refractivity contribution >= 4 is 23.4 Å². The molecule has 0 radical (unpaired) electrons. The molecule has 3 unspecified atom stereocenters. The summed E-state index contributed by atoms with van der Waals surface area (Å²) in [5.74, 6) is -0.989. The van der Waals surface area contributed by atoms with Gasteiger partial charge in [-0.2, -0.15) is 0 Å². The number of hydrogen-bond acceptors (Lipinski definition) is 5. The third-order valence-corrected chi connectivity index (χ3v) is 7.41. The number of aromatic carboxylic acids is 1. The van der Waals surface area contributed by atoms with Crippen molar-refractivity contribution in [3.8, 4) is 5.75 Å². The summed E-state index contributed by atoms with van der Waals surface area (Å²) in [5.41, 5.74) is 7.42. The molecule has 1 fully saturated rings. The number of carbonyl (C=O) groups is 2. The molecule has 1 amide bonds. The number of ether oxygens (including phenoxy) is 1. The highest BCUT2D eigenvalue weighted by molar-refractivity contribution is 6.02. The highest BCUT2D eigenvalue weighted by Crippen LogP contribution is 2.40. The Kier molecular flexibility index (Phi) is 7.94. The molecule has 4 N–H and O–H groups in total. The van der Waals surface area contributed by atoms with E-state index in [1.165, 1.54) is 31.4 Å². The van der Waals surface area contributed by atoms with Crippen molar-refractivity contribution in [2.24, 2.45) is 5.73 Å². The fraction of sp³-hybridized carbons (Fsp3) is 0.464. The Balaban J connectivity index is 1.49. The number of nitrogens with zero attached hydrogens (tertiary/aromatic N) is 2. The predicted molar refractivity (Wildman–Crippen MR) is 140 cm³/mol. The Bertz CT molecular complexity index is 1120. The van der Waals surface area contributed by atoms with Gasteiger partial charge in [0.15, 0.2) is 0 Å². The van der Waals surface area contributed by atoms with E-state index in [-0.39, 0.29) is 17.3 Å². The second kappa shape index (κ2) is 11.1. The molecule has 1 saturated heterocycles. The number of rotatable bonds is 9. The van der Waals surface area contributed by atoms with Gasteiger partial charge in [0, 0.05) is 29.8 Å². The lowest BCUT2D eigenvalue weighted by Crippen LogP contribution is -2.44. The number of likely N-dealkylation sites (tertiary alicyclic amines) is 1. The number of carboxylic acids is 1. The standard InChI is InChI=1S/C28H36N4O4/c1-18-8-6-9-19(2)31(18)14-4-3-5-15-32-23-13-12-22(28(34)35)17-24(23)36-25(27(32)33)20-10-7-11-21(16-20)26(29)30/h7,10-13,16-19,25H,3-6,8-9,14-15H2,1-2H3,(H3,29,30)(H,34,35). The number of piperidine rings is 1. The topological polar surface area (TPSA) is 120 Å². The number of carbonyl (C=O) groups excluding carboxylic acids is 1. The summed E-state index contributed by atoms with van der Waals surface area (Å²) in [6, 6.07) is 12.7. The Morgan fingerprint density at radius 3 is 2.47 bits per heavy atom. The number of nitrogens with two attached hydrogens (primary N) is 1. The van der Waals surface area contributed by atoms with Gasteiger partial charge in [-0.15, -0.1) is 0 Å². The zero-order chi connectivity index (χ0) is 25.8. The maximum atomic E-state index is 13.6. The van der Waals surface area contributed by atoms with E-state index in [9.17, 15) is 14.7 Å². The van der Waals surface area contributed by atoms with E-state index in [0.717, 1.165) is 25.8 Å². The first-order valence-corrected chi connectivity index (χ1v) is 12.8. The summed E-state index contributed by atoms with van der Waals surface area (Å²) >= 11 is 0. The summed E-state index contributed by atoms with van der Waals surface area (Å²) in [5, 5.41) is 17.2. The van der Waals surface area contributed by atoms with Crippen LogP contribution in [-0.4, -0.2) is 52.9 Å². The number of hydrogen-bond donors (Lipinski definition) is 3. The predicted octanol–water partition coefficient (Wildman–Crippen LogP) is 4.57. The molecule has 0 bridgehead atoms. The van der Waals surface area contributed by atoms with E-state index < -0.39 is 12.1 Å². The van der Waals surface area contributed by atoms with Crippen LogP contribution >= 0.6 is 0 Å². The van der Waals surface area contributed by atoms with Crippen molar-refractivity contribution in [3.05, 3.63) is 59.2 Å². The van der Waals surface area contributed by atoms with Crippen molar-refractivity contribution in [1.29, 1.82) is 5.41 Å². The number of benzene rings is 2. The molecule has 2 aromatic rings. The highest BCUT2D eigenvalue weighted by Gasteiger charge is 2.36. The van der Waals surface area contributed by atoms with E-state index >= 15 is 0 Å². The van der Waals surface area contributed by atoms with E-state index in [2.05, 4.69) is 18.7 Å². The molecule has 3 atom stereocenters. The van der Waals surface area contributed by atoms with Gasteiger partial charge in [-0.1, -0.05) is 31.0 Å². The van der Waals surface area contributed by atoms with Gasteiger partial charge in [-0.3, -0.25) is 15.1 Å². The maximum absolute atomic E-state index is 13.6. The maximum Gasteiger partial charge on any atom is 0.335 e. The lowest BCUT2D eigenvalue weighted by atomic mass is 9.97. The molecule has 8 heteroatoms. The van der Waals surface area contributed by atoms with Gasteiger partial charge in [-0.25, -0.2) is 4.79 Å². The van der Waals surface area contributed by atoms with E-state index in [1.807, 2.05) is 0 Å². The zero-order valence-electron chi connectivity index (χ0n) is 21.1. The number of amides is 1.